The van der Waals surface area contributed by atoms with E-state index in [1.807, 2.05) is 6.07 Å². The van der Waals surface area contributed by atoms with Crippen molar-refractivity contribution in [1.29, 1.82) is 0 Å². The Labute approximate surface area is 148 Å². The minimum Gasteiger partial charge on any atom is -0.296 e. The van der Waals surface area contributed by atoms with Crippen LogP contribution in [0.25, 0.3) is 15.5 Å². The largest absolute Gasteiger partial charge is 0.296 e. The number of non-ortho nitro benzene ring substituents is 1. The molecule has 1 aliphatic rings. The van der Waals surface area contributed by atoms with E-state index in [0.717, 1.165) is 31.0 Å². The summed E-state index contributed by atoms with van der Waals surface area (Å²) in [6, 6.07) is 6.52. The Hall–Kier alpha value is -2.39. The maximum absolute atomic E-state index is 11.0. The fourth-order valence-electron chi connectivity index (χ4n) is 3.12. The van der Waals surface area contributed by atoms with Crippen LogP contribution in [0, 0.1) is 10.1 Å². The summed E-state index contributed by atoms with van der Waals surface area (Å²) in [5.41, 5.74) is 0.790. The molecular formula is C16H18N6O2S. The molecule has 130 valence electrons. The maximum Gasteiger partial charge on any atom is 0.270 e. The van der Waals surface area contributed by atoms with Crippen molar-refractivity contribution >= 4 is 22.0 Å². The molecule has 1 fully saturated rings. The van der Waals surface area contributed by atoms with Crippen molar-refractivity contribution in [3.8, 4) is 10.6 Å². The summed E-state index contributed by atoms with van der Waals surface area (Å²) < 4.78 is 1.77. The number of nitro benzene ring substituents is 1. The van der Waals surface area contributed by atoms with Gasteiger partial charge in [-0.05, 0) is 25.9 Å². The van der Waals surface area contributed by atoms with E-state index in [9.17, 15) is 10.1 Å². The van der Waals surface area contributed by atoms with Gasteiger partial charge in [-0.15, -0.1) is 10.2 Å². The fraction of sp³-hybridized carbons (Fsp3) is 0.438. The van der Waals surface area contributed by atoms with E-state index >= 15 is 0 Å². The molecule has 8 nitrogen and oxygen atoms in total. The van der Waals surface area contributed by atoms with Gasteiger partial charge in [0.15, 0.2) is 5.82 Å². The molecular weight excluding hydrogens is 340 g/mol. The van der Waals surface area contributed by atoms with Gasteiger partial charge in [0, 0.05) is 17.7 Å². The lowest BCUT2D eigenvalue weighted by atomic mass is 10.2. The third kappa shape index (κ3) is 3.38. The first kappa shape index (κ1) is 16.1. The standard InChI is InChI=1S/C16H18N6O2S/c23-22(24)13-7-5-6-12(10-13)15-19-21-14(17-18-16(21)25-15)11-20-8-3-1-2-4-9-20/h5-7,10H,1-4,8-9,11H2. The van der Waals surface area contributed by atoms with Crippen LogP contribution in [0.15, 0.2) is 24.3 Å². The number of hydrogen-bond acceptors (Lipinski definition) is 7. The van der Waals surface area contributed by atoms with Crippen LogP contribution in [0.5, 0.6) is 0 Å². The molecule has 0 amide bonds. The monoisotopic (exact) mass is 358 g/mol. The van der Waals surface area contributed by atoms with Gasteiger partial charge in [0.25, 0.3) is 5.69 Å². The van der Waals surface area contributed by atoms with E-state index in [-0.39, 0.29) is 5.69 Å². The second kappa shape index (κ2) is 6.85. The molecule has 0 atom stereocenters. The Morgan fingerprint density at radius 2 is 1.96 bits per heavy atom. The maximum atomic E-state index is 11.0. The van der Waals surface area contributed by atoms with Crippen LogP contribution < -0.4 is 0 Å². The van der Waals surface area contributed by atoms with Crippen molar-refractivity contribution in [2.45, 2.75) is 32.2 Å². The quantitative estimate of drug-likeness (QED) is 0.526. The summed E-state index contributed by atoms with van der Waals surface area (Å²) >= 11 is 1.39. The topological polar surface area (TPSA) is 89.5 Å². The molecule has 0 radical (unpaired) electrons. The summed E-state index contributed by atoms with van der Waals surface area (Å²) in [7, 11) is 0. The number of hydrogen-bond donors (Lipinski definition) is 0. The van der Waals surface area contributed by atoms with Crippen molar-refractivity contribution in [1.82, 2.24) is 24.7 Å². The van der Waals surface area contributed by atoms with E-state index in [2.05, 4.69) is 20.2 Å². The van der Waals surface area contributed by atoms with Gasteiger partial charge in [-0.3, -0.25) is 15.0 Å². The first-order valence-corrected chi connectivity index (χ1v) is 9.21. The zero-order chi connectivity index (χ0) is 17.2. The second-order valence-electron chi connectivity index (χ2n) is 6.22. The Bertz CT molecular complexity index is 897. The third-order valence-electron chi connectivity index (χ3n) is 4.42. The van der Waals surface area contributed by atoms with Gasteiger partial charge in [0.05, 0.1) is 11.5 Å². The highest BCUT2D eigenvalue weighted by molar-refractivity contribution is 7.19. The first-order valence-electron chi connectivity index (χ1n) is 8.39. The predicted molar refractivity (Wildman–Crippen MR) is 94.5 cm³/mol. The van der Waals surface area contributed by atoms with Crippen LogP contribution >= 0.6 is 11.3 Å². The highest BCUT2D eigenvalue weighted by Gasteiger charge is 2.17. The summed E-state index contributed by atoms with van der Waals surface area (Å²) in [6.07, 6.45) is 5.02. The van der Waals surface area contributed by atoms with Crippen LogP contribution in [0.4, 0.5) is 5.69 Å². The lowest BCUT2D eigenvalue weighted by Crippen LogP contribution is -2.25. The molecule has 1 aromatic carbocycles. The van der Waals surface area contributed by atoms with Gasteiger partial charge in [0.2, 0.25) is 4.96 Å². The van der Waals surface area contributed by atoms with E-state index in [1.54, 1.807) is 16.6 Å². The molecule has 3 heterocycles. The van der Waals surface area contributed by atoms with Crippen molar-refractivity contribution in [3.63, 3.8) is 0 Å². The molecule has 4 rings (SSSR count). The smallest absolute Gasteiger partial charge is 0.270 e. The van der Waals surface area contributed by atoms with Crippen LogP contribution in [0.3, 0.4) is 0 Å². The average Bonchev–Trinajstić information content (AvgIpc) is 3.09. The van der Waals surface area contributed by atoms with Crippen molar-refractivity contribution in [2.24, 2.45) is 0 Å². The molecule has 1 saturated heterocycles. The molecule has 2 aromatic heterocycles. The molecule has 3 aromatic rings. The number of nitrogens with zero attached hydrogens (tertiary/aromatic N) is 6. The number of rotatable bonds is 4. The Morgan fingerprint density at radius 1 is 1.16 bits per heavy atom. The van der Waals surface area contributed by atoms with Crippen LogP contribution in [0.2, 0.25) is 0 Å². The number of likely N-dealkylation sites (tertiary alicyclic amines) is 1. The molecule has 0 unspecified atom stereocenters. The number of aromatic nitrogens is 4. The first-order chi connectivity index (χ1) is 12.2. The Kier molecular flexibility index (Phi) is 4.41. The van der Waals surface area contributed by atoms with Gasteiger partial charge in [-0.2, -0.15) is 9.61 Å². The minimum atomic E-state index is -0.394. The van der Waals surface area contributed by atoms with E-state index in [4.69, 9.17) is 0 Å². The van der Waals surface area contributed by atoms with Gasteiger partial charge in [-0.25, -0.2) is 0 Å². The van der Waals surface area contributed by atoms with Crippen LogP contribution in [-0.2, 0) is 6.54 Å². The number of benzene rings is 1. The lowest BCUT2D eigenvalue weighted by molar-refractivity contribution is -0.384. The fourth-order valence-corrected chi connectivity index (χ4v) is 3.97. The van der Waals surface area contributed by atoms with Crippen molar-refractivity contribution < 1.29 is 4.92 Å². The normalized spacial score (nSPS) is 16.2. The van der Waals surface area contributed by atoms with Gasteiger partial charge in [0.1, 0.15) is 5.01 Å². The van der Waals surface area contributed by atoms with Gasteiger partial charge < -0.3 is 0 Å². The van der Waals surface area contributed by atoms with E-state index < -0.39 is 4.92 Å². The van der Waals surface area contributed by atoms with Crippen molar-refractivity contribution in [3.05, 3.63) is 40.2 Å². The molecule has 25 heavy (non-hydrogen) atoms. The SMILES string of the molecule is O=[N+]([O-])c1cccc(-c2nn3c(CN4CCCCCC4)nnc3s2)c1. The van der Waals surface area contributed by atoms with Gasteiger partial charge >= 0.3 is 0 Å². The Balaban J connectivity index is 1.62. The van der Waals surface area contributed by atoms with Crippen LogP contribution in [-0.4, -0.2) is 42.7 Å². The van der Waals surface area contributed by atoms with Gasteiger partial charge in [-0.1, -0.05) is 36.3 Å². The van der Waals surface area contributed by atoms with Crippen molar-refractivity contribution in [2.75, 3.05) is 13.1 Å². The lowest BCUT2D eigenvalue weighted by Gasteiger charge is -2.17. The summed E-state index contributed by atoms with van der Waals surface area (Å²) in [6.45, 7) is 2.90. The average molecular weight is 358 g/mol. The number of nitro groups is 1. The zero-order valence-electron chi connectivity index (χ0n) is 13.7. The highest BCUT2D eigenvalue weighted by atomic mass is 32.1. The summed E-state index contributed by atoms with van der Waals surface area (Å²) in [4.78, 5) is 13.7. The summed E-state index contributed by atoms with van der Waals surface area (Å²) in [5, 5.41) is 24.8. The minimum absolute atomic E-state index is 0.0632. The highest BCUT2D eigenvalue weighted by Crippen LogP contribution is 2.28. The summed E-state index contributed by atoms with van der Waals surface area (Å²) in [5.74, 6) is 0.824. The molecule has 0 saturated carbocycles. The predicted octanol–water partition coefficient (Wildman–Crippen LogP) is 3.14. The van der Waals surface area contributed by atoms with E-state index in [1.165, 1.54) is 43.1 Å². The molecule has 1 aliphatic heterocycles. The Morgan fingerprint density at radius 3 is 2.72 bits per heavy atom. The molecule has 9 heteroatoms. The van der Waals surface area contributed by atoms with E-state index in [0.29, 0.717) is 9.97 Å². The third-order valence-corrected chi connectivity index (χ3v) is 5.37. The zero-order valence-corrected chi connectivity index (χ0v) is 14.5. The number of fused-ring (bicyclic) bond motifs is 1. The second-order valence-corrected chi connectivity index (χ2v) is 7.17. The van der Waals surface area contributed by atoms with Crippen LogP contribution in [0.1, 0.15) is 31.5 Å². The molecule has 0 spiro atoms. The molecule has 0 aliphatic carbocycles. The molecule has 0 N–H and O–H groups in total. The molecule has 0 bridgehead atoms.